The van der Waals surface area contributed by atoms with Gasteiger partial charge in [-0.05, 0) is 30.2 Å². The molecular formula is C11H11FN4O3. The monoisotopic (exact) mass is 266 g/mol. The van der Waals surface area contributed by atoms with Gasteiger partial charge in [0.1, 0.15) is 11.6 Å². The van der Waals surface area contributed by atoms with Crippen molar-refractivity contribution >= 4 is 11.5 Å². The summed E-state index contributed by atoms with van der Waals surface area (Å²) in [7, 11) is 0. The lowest BCUT2D eigenvalue weighted by Crippen LogP contribution is -2.15. The minimum atomic E-state index is -0.742. The van der Waals surface area contributed by atoms with Gasteiger partial charge in [-0.25, -0.2) is 4.39 Å². The van der Waals surface area contributed by atoms with Crippen molar-refractivity contribution in [1.29, 1.82) is 0 Å². The van der Waals surface area contributed by atoms with E-state index in [-0.39, 0.29) is 17.9 Å². The number of azide groups is 1. The number of carbonyl (C=O) groups is 1. The zero-order chi connectivity index (χ0) is 14.4. The maximum absolute atomic E-state index is 13.1. The van der Waals surface area contributed by atoms with Gasteiger partial charge in [0.15, 0.2) is 0 Å². The Bertz CT molecular complexity index is 539. The average Bonchev–Trinajstić information content (AvgIpc) is 2.27. The van der Waals surface area contributed by atoms with Gasteiger partial charge in [-0.2, -0.15) is 0 Å². The van der Waals surface area contributed by atoms with Crippen LogP contribution >= 0.6 is 0 Å². The Balaban J connectivity index is 3.23. The van der Waals surface area contributed by atoms with E-state index in [4.69, 9.17) is 5.53 Å². The summed E-state index contributed by atoms with van der Waals surface area (Å²) in [5.41, 5.74) is 8.68. The van der Waals surface area contributed by atoms with E-state index < -0.39 is 23.2 Å². The van der Waals surface area contributed by atoms with E-state index in [1.807, 2.05) is 0 Å². The van der Waals surface area contributed by atoms with Crippen LogP contribution in [0.2, 0.25) is 0 Å². The molecule has 0 heterocycles. The Labute approximate surface area is 107 Å². The fourth-order valence-corrected chi connectivity index (χ4v) is 1.80. The molecule has 0 radical (unpaired) electrons. The summed E-state index contributed by atoms with van der Waals surface area (Å²) in [5.74, 6) is -1.59. The molecule has 1 aromatic carbocycles. The van der Waals surface area contributed by atoms with Crippen LogP contribution < -0.4 is 0 Å². The van der Waals surface area contributed by atoms with E-state index in [1.54, 1.807) is 0 Å². The number of hydrogen-bond donors (Lipinski definition) is 0. The first-order valence-corrected chi connectivity index (χ1v) is 5.39. The van der Waals surface area contributed by atoms with Gasteiger partial charge in [0.25, 0.3) is 0 Å². The molecule has 0 fully saturated rings. The first kappa shape index (κ1) is 14.6. The number of carbonyl (C=O) groups excluding carboxylic acids is 1. The van der Waals surface area contributed by atoms with Crippen LogP contribution in [0.3, 0.4) is 0 Å². The summed E-state index contributed by atoms with van der Waals surface area (Å²) < 4.78 is 13.1. The molecule has 19 heavy (non-hydrogen) atoms. The fraction of sp³-hybridized carbons (Fsp3) is 0.364. The molecule has 7 nitrogen and oxygen atoms in total. The quantitative estimate of drug-likeness (QED) is 0.259. The molecule has 1 rings (SSSR count). The van der Waals surface area contributed by atoms with Crippen molar-refractivity contribution in [2.45, 2.75) is 19.3 Å². The Morgan fingerprint density at radius 2 is 2.32 bits per heavy atom. The minimum Gasteiger partial charge on any atom is -0.300 e. The highest BCUT2D eigenvalue weighted by atomic mass is 19.1. The van der Waals surface area contributed by atoms with Gasteiger partial charge in [0.05, 0.1) is 5.92 Å². The molecule has 0 saturated heterocycles. The Morgan fingerprint density at radius 1 is 1.63 bits per heavy atom. The number of nitro groups is 1. The second kappa shape index (κ2) is 6.46. The van der Waals surface area contributed by atoms with Gasteiger partial charge in [-0.15, -0.1) is 0 Å². The first-order chi connectivity index (χ1) is 8.93. The molecule has 1 atom stereocenters. The number of benzene rings is 1. The summed E-state index contributed by atoms with van der Waals surface area (Å²) in [5, 5.41) is 13.9. The molecule has 0 aliphatic heterocycles. The third kappa shape index (κ3) is 4.36. The van der Waals surface area contributed by atoms with Gasteiger partial charge >= 0.3 is 0 Å². The topological polar surface area (TPSA) is 109 Å². The van der Waals surface area contributed by atoms with E-state index in [0.29, 0.717) is 5.56 Å². The number of halogens is 1. The highest BCUT2D eigenvalue weighted by Crippen LogP contribution is 2.30. The predicted molar refractivity (Wildman–Crippen MR) is 65.1 cm³/mol. The Hall–Kier alpha value is -2.47. The molecule has 0 saturated carbocycles. The maximum atomic E-state index is 13.1. The second-order valence-corrected chi connectivity index (χ2v) is 4.01. The van der Waals surface area contributed by atoms with Crippen LogP contribution in [-0.4, -0.2) is 17.3 Å². The molecule has 8 heteroatoms. The highest BCUT2D eigenvalue weighted by molar-refractivity contribution is 5.76. The molecule has 0 bridgehead atoms. The van der Waals surface area contributed by atoms with E-state index >= 15 is 0 Å². The van der Waals surface area contributed by atoms with Crippen molar-refractivity contribution in [3.05, 3.63) is 50.1 Å². The van der Waals surface area contributed by atoms with Crippen molar-refractivity contribution in [1.82, 2.24) is 0 Å². The van der Waals surface area contributed by atoms with E-state index in [2.05, 4.69) is 10.0 Å². The number of nitrogens with zero attached hydrogens (tertiary/aromatic N) is 4. The molecule has 0 unspecified atom stereocenters. The molecule has 1 aromatic rings. The van der Waals surface area contributed by atoms with Crippen LogP contribution in [0.1, 0.15) is 24.8 Å². The van der Waals surface area contributed by atoms with Crippen molar-refractivity contribution in [3.63, 3.8) is 0 Å². The molecule has 0 amide bonds. The van der Waals surface area contributed by atoms with E-state index in [9.17, 15) is 19.3 Å². The second-order valence-electron chi connectivity index (χ2n) is 4.01. The molecule has 0 aromatic heterocycles. The van der Waals surface area contributed by atoms with E-state index in [0.717, 1.165) is 12.1 Å². The van der Waals surface area contributed by atoms with Gasteiger partial charge < -0.3 is 4.79 Å². The molecular weight excluding hydrogens is 255 g/mol. The van der Waals surface area contributed by atoms with Crippen molar-refractivity contribution in [2.24, 2.45) is 5.11 Å². The van der Waals surface area contributed by atoms with Crippen LogP contribution in [0.4, 0.5) is 10.1 Å². The van der Waals surface area contributed by atoms with Crippen LogP contribution in [0.15, 0.2) is 23.3 Å². The lowest BCUT2D eigenvalue weighted by molar-refractivity contribution is -0.483. The van der Waals surface area contributed by atoms with Gasteiger partial charge in [0.2, 0.25) is 6.54 Å². The van der Waals surface area contributed by atoms with Crippen LogP contribution in [0.25, 0.3) is 10.4 Å². The standard InChI is InChI=1S/C11H11FN4O3/c1-7(17)4-8(6-16(18)19)10-3-2-9(12)5-11(10)14-15-13/h2-3,5,8H,4,6H2,1H3/t8-/m0/s1. The smallest absolute Gasteiger partial charge is 0.211 e. The number of Topliss-reactive ketones (excluding diaryl/α,β-unsaturated/α-hetero) is 1. The SMILES string of the molecule is CC(=O)C[C@@H](C[N+](=O)[O-])c1ccc(F)cc1N=[N+]=[N-]. The highest BCUT2D eigenvalue weighted by Gasteiger charge is 2.22. The van der Waals surface area contributed by atoms with Crippen LogP contribution in [0, 0.1) is 15.9 Å². The third-order valence-corrected chi connectivity index (χ3v) is 2.49. The summed E-state index contributed by atoms with van der Waals surface area (Å²) in [6.45, 7) is 0.822. The lowest BCUT2D eigenvalue weighted by Gasteiger charge is -2.14. The minimum absolute atomic E-state index is 0.0319. The van der Waals surface area contributed by atoms with Crippen molar-refractivity contribution in [3.8, 4) is 0 Å². The van der Waals surface area contributed by atoms with Gasteiger partial charge in [-0.3, -0.25) is 10.1 Å². The molecule has 0 spiro atoms. The molecule has 0 aliphatic carbocycles. The number of ketones is 1. The average molecular weight is 266 g/mol. The largest absolute Gasteiger partial charge is 0.300 e. The Kier molecular flexibility index (Phi) is 4.96. The number of hydrogen-bond acceptors (Lipinski definition) is 4. The van der Waals surface area contributed by atoms with Gasteiger partial charge in [-0.1, -0.05) is 11.2 Å². The zero-order valence-electron chi connectivity index (χ0n) is 10.1. The summed E-state index contributed by atoms with van der Waals surface area (Å²) in [6, 6.07) is 3.40. The van der Waals surface area contributed by atoms with Crippen molar-refractivity contribution in [2.75, 3.05) is 6.54 Å². The normalized spacial score (nSPS) is 11.5. The van der Waals surface area contributed by atoms with Gasteiger partial charge in [0, 0.05) is 21.9 Å². The van der Waals surface area contributed by atoms with Crippen LogP contribution in [-0.2, 0) is 4.79 Å². The number of rotatable bonds is 6. The lowest BCUT2D eigenvalue weighted by atomic mass is 9.92. The summed E-state index contributed by atoms with van der Waals surface area (Å²) >= 11 is 0. The first-order valence-electron chi connectivity index (χ1n) is 5.39. The third-order valence-electron chi connectivity index (χ3n) is 2.49. The summed E-state index contributed by atoms with van der Waals surface area (Å²) in [6.07, 6.45) is -0.0689. The predicted octanol–water partition coefficient (Wildman–Crippen LogP) is 3.11. The zero-order valence-corrected chi connectivity index (χ0v) is 10.1. The van der Waals surface area contributed by atoms with E-state index in [1.165, 1.54) is 13.0 Å². The Morgan fingerprint density at radius 3 is 2.84 bits per heavy atom. The molecule has 100 valence electrons. The van der Waals surface area contributed by atoms with Crippen molar-refractivity contribution < 1.29 is 14.1 Å². The summed E-state index contributed by atoms with van der Waals surface area (Å²) in [4.78, 5) is 23.8. The fourth-order valence-electron chi connectivity index (χ4n) is 1.80. The van der Waals surface area contributed by atoms with Crippen LogP contribution in [0.5, 0.6) is 0 Å². The molecule has 0 N–H and O–H groups in total. The maximum Gasteiger partial charge on any atom is 0.211 e. The molecule has 0 aliphatic rings.